The fraction of sp³-hybridized carbons (Fsp3) is 0.692. The Bertz CT molecular complexity index is 757. The van der Waals surface area contributed by atoms with Gasteiger partial charge in [0.1, 0.15) is 0 Å². The van der Waals surface area contributed by atoms with E-state index < -0.39 is 0 Å². The van der Waals surface area contributed by atoms with Crippen LogP contribution >= 0.6 is 0 Å². The number of hydrogen-bond acceptors (Lipinski definition) is 3. The van der Waals surface area contributed by atoms with Gasteiger partial charge in [0.2, 0.25) is 5.91 Å². The molecule has 176 valence electrons. The van der Waals surface area contributed by atoms with Crippen molar-refractivity contribution in [2.24, 2.45) is 17.8 Å². The topological polar surface area (TPSA) is 55.9 Å². The van der Waals surface area contributed by atoms with Crippen LogP contribution in [-0.2, 0) is 17.9 Å². The maximum absolute atomic E-state index is 12.7. The Hall–Kier alpha value is -2.08. The molecule has 3 amide bonds. The van der Waals surface area contributed by atoms with Crippen LogP contribution in [0.4, 0.5) is 4.79 Å². The molecule has 0 radical (unpaired) electrons. The van der Waals surface area contributed by atoms with Crippen molar-refractivity contribution in [3.8, 4) is 0 Å². The van der Waals surface area contributed by atoms with Crippen LogP contribution < -0.4 is 5.32 Å². The number of piperidine rings is 2. The van der Waals surface area contributed by atoms with E-state index in [1.807, 2.05) is 9.80 Å². The van der Waals surface area contributed by atoms with Crippen LogP contribution in [0.25, 0.3) is 0 Å². The van der Waals surface area contributed by atoms with Gasteiger partial charge in [-0.15, -0.1) is 0 Å². The van der Waals surface area contributed by atoms with E-state index in [2.05, 4.69) is 48.3 Å². The van der Waals surface area contributed by atoms with Crippen molar-refractivity contribution in [3.63, 3.8) is 0 Å². The van der Waals surface area contributed by atoms with Gasteiger partial charge in [0.25, 0.3) is 0 Å². The summed E-state index contributed by atoms with van der Waals surface area (Å²) in [6.45, 7) is 11.8. The Morgan fingerprint density at radius 2 is 1.44 bits per heavy atom. The molecule has 2 unspecified atom stereocenters. The van der Waals surface area contributed by atoms with E-state index in [0.717, 1.165) is 62.7 Å². The van der Waals surface area contributed by atoms with Gasteiger partial charge in [-0.2, -0.15) is 0 Å². The molecule has 0 spiro atoms. The van der Waals surface area contributed by atoms with Gasteiger partial charge in [-0.1, -0.05) is 38.1 Å². The third-order valence-corrected chi connectivity index (χ3v) is 7.35. The first kappa shape index (κ1) is 23.1. The van der Waals surface area contributed by atoms with E-state index in [1.165, 1.54) is 25.1 Å². The van der Waals surface area contributed by atoms with Crippen LogP contribution in [0.15, 0.2) is 24.3 Å². The molecule has 3 aliphatic rings. The van der Waals surface area contributed by atoms with E-state index in [0.29, 0.717) is 19.6 Å². The molecule has 6 heteroatoms. The van der Waals surface area contributed by atoms with Gasteiger partial charge >= 0.3 is 6.03 Å². The molecule has 3 aliphatic heterocycles. The molecule has 1 aromatic rings. The zero-order valence-corrected chi connectivity index (χ0v) is 19.9. The van der Waals surface area contributed by atoms with E-state index in [4.69, 9.17) is 0 Å². The highest BCUT2D eigenvalue weighted by Crippen LogP contribution is 2.23. The fourth-order valence-corrected chi connectivity index (χ4v) is 5.72. The molecule has 2 atom stereocenters. The molecule has 1 aromatic carbocycles. The Kier molecular flexibility index (Phi) is 7.71. The van der Waals surface area contributed by atoms with Gasteiger partial charge in [0, 0.05) is 58.3 Å². The second kappa shape index (κ2) is 10.7. The van der Waals surface area contributed by atoms with E-state index in [1.54, 1.807) is 0 Å². The summed E-state index contributed by atoms with van der Waals surface area (Å²) < 4.78 is 0. The van der Waals surface area contributed by atoms with Crippen molar-refractivity contribution < 1.29 is 9.59 Å². The van der Waals surface area contributed by atoms with Crippen molar-refractivity contribution >= 4 is 11.9 Å². The monoisotopic (exact) mass is 440 g/mol. The summed E-state index contributed by atoms with van der Waals surface area (Å²) in [5.41, 5.74) is 2.49. The highest BCUT2D eigenvalue weighted by atomic mass is 16.2. The first-order chi connectivity index (χ1) is 15.5. The fourth-order valence-electron chi connectivity index (χ4n) is 5.72. The Morgan fingerprint density at radius 1 is 0.875 bits per heavy atom. The second-order valence-corrected chi connectivity index (χ2v) is 10.4. The predicted molar refractivity (Wildman–Crippen MR) is 127 cm³/mol. The smallest absolute Gasteiger partial charge is 0.319 e. The summed E-state index contributed by atoms with van der Waals surface area (Å²) in [7, 11) is 0. The molecule has 3 fully saturated rings. The van der Waals surface area contributed by atoms with E-state index >= 15 is 0 Å². The lowest BCUT2D eigenvalue weighted by molar-refractivity contribution is -0.126. The summed E-state index contributed by atoms with van der Waals surface area (Å²) in [6.07, 6.45) is 5.08. The normalized spacial score (nSPS) is 25.2. The summed E-state index contributed by atoms with van der Waals surface area (Å²) >= 11 is 0. The second-order valence-electron chi connectivity index (χ2n) is 10.4. The number of nitrogens with one attached hydrogen (secondary N) is 1. The third kappa shape index (κ3) is 6.03. The van der Waals surface area contributed by atoms with Crippen LogP contribution in [0.1, 0.15) is 57.1 Å². The SMILES string of the molecule is CC1CC(C)CN(Cc2ccc(CNC(=O)C3CCN(C(=O)N4CCCC4)CC3)cc2)C1. The van der Waals surface area contributed by atoms with E-state index in [-0.39, 0.29) is 17.9 Å². The van der Waals surface area contributed by atoms with Gasteiger partial charge in [-0.05, 0) is 55.1 Å². The molecule has 0 saturated carbocycles. The van der Waals surface area contributed by atoms with E-state index in [9.17, 15) is 9.59 Å². The Labute approximate surface area is 193 Å². The molecular formula is C26H40N4O2. The summed E-state index contributed by atoms with van der Waals surface area (Å²) in [4.78, 5) is 31.6. The number of amides is 3. The van der Waals surface area contributed by atoms with Crippen molar-refractivity contribution in [1.29, 1.82) is 0 Å². The van der Waals surface area contributed by atoms with Gasteiger partial charge in [0.15, 0.2) is 0 Å². The summed E-state index contributed by atoms with van der Waals surface area (Å²) in [6, 6.07) is 8.85. The number of carbonyl (C=O) groups excluding carboxylic acids is 2. The number of hydrogen-bond donors (Lipinski definition) is 1. The van der Waals surface area contributed by atoms with Crippen molar-refractivity contribution in [3.05, 3.63) is 35.4 Å². The zero-order chi connectivity index (χ0) is 22.5. The van der Waals surface area contributed by atoms with Gasteiger partial charge in [-0.3, -0.25) is 9.69 Å². The predicted octanol–water partition coefficient (Wildman–Crippen LogP) is 3.71. The summed E-state index contributed by atoms with van der Waals surface area (Å²) in [5, 5.41) is 3.12. The Morgan fingerprint density at radius 3 is 2.06 bits per heavy atom. The van der Waals surface area contributed by atoms with Gasteiger partial charge < -0.3 is 15.1 Å². The average molecular weight is 441 g/mol. The molecule has 6 nitrogen and oxygen atoms in total. The van der Waals surface area contributed by atoms with Crippen molar-refractivity contribution in [2.45, 2.75) is 59.0 Å². The highest BCUT2D eigenvalue weighted by molar-refractivity contribution is 5.79. The molecule has 0 aliphatic carbocycles. The van der Waals surface area contributed by atoms with Crippen LogP contribution in [0.5, 0.6) is 0 Å². The van der Waals surface area contributed by atoms with Crippen LogP contribution in [-0.4, -0.2) is 65.9 Å². The minimum absolute atomic E-state index is 0.0139. The molecule has 1 N–H and O–H groups in total. The maximum Gasteiger partial charge on any atom is 0.319 e. The molecule has 3 heterocycles. The number of benzene rings is 1. The number of likely N-dealkylation sites (tertiary alicyclic amines) is 3. The summed E-state index contributed by atoms with van der Waals surface area (Å²) in [5.74, 6) is 1.69. The van der Waals surface area contributed by atoms with Crippen LogP contribution in [0.2, 0.25) is 0 Å². The number of rotatable bonds is 5. The number of nitrogens with zero attached hydrogens (tertiary/aromatic N) is 3. The average Bonchev–Trinajstić information content (AvgIpc) is 3.32. The van der Waals surface area contributed by atoms with Crippen LogP contribution in [0.3, 0.4) is 0 Å². The maximum atomic E-state index is 12.7. The third-order valence-electron chi connectivity index (χ3n) is 7.35. The molecule has 32 heavy (non-hydrogen) atoms. The minimum atomic E-state index is 0.0139. The highest BCUT2D eigenvalue weighted by Gasteiger charge is 2.30. The quantitative estimate of drug-likeness (QED) is 0.759. The molecule has 0 bridgehead atoms. The lowest BCUT2D eigenvalue weighted by atomic mass is 9.91. The molecule has 3 saturated heterocycles. The minimum Gasteiger partial charge on any atom is -0.352 e. The van der Waals surface area contributed by atoms with Gasteiger partial charge in [-0.25, -0.2) is 4.79 Å². The standard InChI is InChI=1S/C26H40N4O2/c1-20-15-21(2)18-28(17-20)19-23-7-5-22(6-8-23)16-27-25(31)24-9-13-30(14-10-24)26(32)29-11-3-4-12-29/h5-8,20-21,24H,3-4,9-19H2,1-2H3,(H,27,31). The van der Waals surface area contributed by atoms with Crippen molar-refractivity contribution in [1.82, 2.24) is 20.0 Å². The lowest BCUT2D eigenvalue weighted by Gasteiger charge is -2.35. The largest absolute Gasteiger partial charge is 0.352 e. The van der Waals surface area contributed by atoms with Gasteiger partial charge in [0.05, 0.1) is 0 Å². The molecule has 0 aromatic heterocycles. The number of carbonyl (C=O) groups is 2. The van der Waals surface area contributed by atoms with Crippen molar-refractivity contribution in [2.75, 3.05) is 39.3 Å². The molecular weight excluding hydrogens is 400 g/mol. The molecule has 4 rings (SSSR count). The lowest BCUT2D eigenvalue weighted by Crippen LogP contribution is -2.47. The zero-order valence-electron chi connectivity index (χ0n) is 19.9. The first-order valence-electron chi connectivity index (χ1n) is 12.6. The van der Waals surface area contributed by atoms with Crippen LogP contribution in [0, 0.1) is 17.8 Å². The number of urea groups is 1. The Balaban J connectivity index is 1.18. The first-order valence-corrected chi connectivity index (χ1v) is 12.6.